The van der Waals surface area contributed by atoms with Crippen molar-refractivity contribution in [1.29, 1.82) is 0 Å². The third kappa shape index (κ3) is 4.30. The number of fused-ring (bicyclic) bond motifs is 1. The molecule has 0 spiro atoms. The predicted octanol–water partition coefficient (Wildman–Crippen LogP) is 4.87. The van der Waals surface area contributed by atoms with Crippen LogP contribution in [0.15, 0.2) is 54.9 Å². The lowest BCUT2D eigenvalue weighted by Gasteiger charge is -2.34. The van der Waals surface area contributed by atoms with Crippen molar-refractivity contribution in [3.05, 3.63) is 71.5 Å². The zero-order valence-corrected chi connectivity index (χ0v) is 20.8. The van der Waals surface area contributed by atoms with Crippen molar-refractivity contribution in [3.8, 4) is 22.3 Å². The summed E-state index contributed by atoms with van der Waals surface area (Å²) in [5, 5.41) is 1.08. The summed E-state index contributed by atoms with van der Waals surface area (Å²) in [6, 6.07) is 14.9. The normalized spacial score (nSPS) is 14.5. The molecule has 180 valence electrons. The second-order valence-electron chi connectivity index (χ2n) is 9.35. The summed E-state index contributed by atoms with van der Waals surface area (Å²) in [6.07, 6.45) is 5.55. The van der Waals surface area contributed by atoms with Crippen molar-refractivity contribution in [2.24, 2.45) is 5.73 Å². The largest absolute Gasteiger partial charge is 0.369 e. The number of aromatic nitrogens is 2. The minimum absolute atomic E-state index is 0.369. The zero-order valence-electron chi connectivity index (χ0n) is 20.8. The van der Waals surface area contributed by atoms with Crippen LogP contribution in [0.2, 0.25) is 0 Å². The van der Waals surface area contributed by atoms with E-state index >= 15 is 0 Å². The highest BCUT2D eigenvalue weighted by molar-refractivity contribution is 5.99. The van der Waals surface area contributed by atoms with Gasteiger partial charge in [-0.15, -0.1) is 0 Å². The van der Waals surface area contributed by atoms with Gasteiger partial charge in [0, 0.05) is 66.3 Å². The minimum atomic E-state index is -0.369. The average molecular weight is 468 g/mol. The van der Waals surface area contributed by atoms with Crippen LogP contribution in [0.25, 0.3) is 33.3 Å². The quantitative estimate of drug-likeness (QED) is 0.424. The number of benzene rings is 2. The first-order valence-corrected chi connectivity index (χ1v) is 12.5. The molecule has 2 aromatic heterocycles. The second kappa shape index (κ2) is 9.55. The highest BCUT2D eigenvalue weighted by Gasteiger charge is 2.18. The molecular weight excluding hydrogens is 434 g/mol. The lowest BCUT2D eigenvalue weighted by Crippen LogP contribution is -2.44. The van der Waals surface area contributed by atoms with Crippen LogP contribution < -0.4 is 10.6 Å². The van der Waals surface area contributed by atoms with Gasteiger partial charge in [0.2, 0.25) is 5.91 Å². The molecule has 0 atom stereocenters. The van der Waals surface area contributed by atoms with Crippen LogP contribution >= 0.6 is 0 Å². The van der Waals surface area contributed by atoms with E-state index in [1.807, 2.05) is 24.5 Å². The van der Waals surface area contributed by atoms with E-state index in [2.05, 4.69) is 66.0 Å². The fourth-order valence-corrected chi connectivity index (χ4v) is 5.30. The first kappa shape index (κ1) is 23.1. The third-order valence-electron chi connectivity index (χ3n) is 7.29. The molecule has 1 fully saturated rings. The highest BCUT2D eigenvalue weighted by Crippen LogP contribution is 2.36. The van der Waals surface area contributed by atoms with Gasteiger partial charge >= 0.3 is 0 Å². The van der Waals surface area contributed by atoms with Gasteiger partial charge < -0.3 is 20.5 Å². The average Bonchev–Trinajstić information content (AvgIpc) is 3.31. The van der Waals surface area contributed by atoms with E-state index in [9.17, 15) is 4.79 Å². The second-order valence-corrected chi connectivity index (χ2v) is 9.35. The Kier molecular flexibility index (Phi) is 6.31. The molecule has 5 rings (SSSR count). The van der Waals surface area contributed by atoms with Gasteiger partial charge in [-0.3, -0.25) is 4.79 Å². The van der Waals surface area contributed by atoms with Gasteiger partial charge in [-0.25, -0.2) is 4.98 Å². The Morgan fingerprint density at radius 1 is 0.943 bits per heavy atom. The summed E-state index contributed by atoms with van der Waals surface area (Å²) < 4.78 is 0. The lowest BCUT2D eigenvalue weighted by molar-refractivity contribution is 0.0999. The Hall–Kier alpha value is -3.64. The van der Waals surface area contributed by atoms with E-state index in [0.29, 0.717) is 5.56 Å². The molecule has 1 aliphatic rings. The molecule has 0 unspecified atom stereocenters. The number of rotatable bonds is 6. The van der Waals surface area contributed by atoms with E-state index in [-0.39, 0.29) is 5.91 Å². The standard InChI is InChI=1S/C29H33N5O/c1-4-22-23(5-2)25(28(30)35)11-10-24(22)27-18-32-29-26(27)16-20(17-31-29)19-6-8-21(9-7-19)34-14-12-33(3)13-15-34/h6-11,16-18H,4-5,12-15H2,1-3H3,(H2,30,35)(H,31,32). The molecular formula is C29H33N5O. The molecule has 1 saturated heterocycles. The third-order valence-corrected chi connectivity index (χ3v) is 7.29. The van der Waals surface area contributed by atoms with E-state index < -0.39 is 0 Å². The van der Waals surface area contributed by atoms with Crippen LogP contribution in [0.3, 0.4) is 0 Å². The van der Waals surface area contributed by atoms with Crippen molar-refractivity contribution in [2.45, 2.75) is 26.7 Å². The van der Waals surface area contributed by atoms with Crippen LogP contribution in [0.5, 0.6) is 0 Å². The van der Waals surface area contributed by atoms with Gasteiger partial charge in [-0.05, 0) is 66.4 Å². The Labute approximate surface area is 206 Å². The number of H-pyrrole nitrogens is 1. The molecule has 1 amide bonds. The number of hydrogen-bond donors (Lipinski definition) is 2. The minimum Gasteiger partial charge on any atom is -0.369 e. The number of aromatic amines is 1. The molecule has 3 heterocycles. The summed E-state index contributed by atoms with van der Waals surface area (Å²) in [5.41, 5.74) is 15.1. The van der Waals surface area contributed by atoms with Gasteiger partial charge in [0.15, 0.2) is 0 Å². The number of carbonyl (C=O) groups excluding carboxylic acids is 1. The van der Waals surface area contributed by atoms with Crippen LogP contribution in [0.4, 0.5) is 5.69 Å². The molecule has 3 N–H and O–H groups in total. The van der Waals surface area contributed by atoms with Crippen LogP contribution in [-0.4, -0.2) is 54.0 Å². The molecule has 4 aromatic rings. The molecule has 1 aliphatic heterocycles. The van der Waals surface area contributed by atoms with Crippen LogP contribution in [0, 0.1) is 0 Å². The number of piperazine rings is 1. The number of nitrogens with one attached hydrogen (secondary N) is 1. The Morgan fingerprint density at radius 3 is 2.31 bits per heavy atom. The summed E-state index contributed by atoms with van der Waals surface area (Å²) in [4.78, 5) is 24.9. The number of amides is 1. The van der Waals surface area contributed by atoms with Crippen molar-refractivity contribution in [3.63, 3.8) is 0 Å². The number of likely N-dealkylation sites (N-methyl/N-ethyl adjacent to an activating group) is 1. The smallest absolute Gasteiger partial charge is 0.248 e. The van der Waals surface area contributed by atoms with Gasteiger partial charge in [0.05, 0.1) is 0 Å². The molecule has 0 aliphatic carbocycles. The van der Waals surface area contributed by atoms with Gasteiger partial charge in [-0.2, -0.15) is 0 Å². The highest BCUT2D eigenvalue weighted by atomic mass is 16.1. The molecule has 6 heteroatoms. The number of nitrogens with zero attached hydrogens (tertiary/aromatic N) is 3. The van der Waals surface area contributed by atoms with Crippen LogP contribution in [0.1, 0.15) is 35.3 Å². The molecule has 0 saturated carbocycles. The van der Waals surface area contributed by atoms with Crippen molar-refractivity contribution in [1.82, 2.24) is 14.9 Å². The van der Waals surface area contributed by atoms with E-state index in [1.165, 1.54) is 11.3 Å². The van der Waals surface area contributed by atoms with Gasteiger partial charge in [0.25, 0.3) is 0 Å². The van der Waals surface area contributed by atoms with Crippen molar-refractivity contribution >= 4 is 22.6 Å². The number of anilines is 1. The van der Waals surface area contributed by atoms with Crippen molar-refractivity contribution in [2.75, 3.05) is 38.1 Å². The topological polar surface area (TPSA) is 78.2 Å². The summed E-state index contributed by atoms with van der Waals surface area (Å²) >= 11 is 0. The fraction of sp³-hybridized carbons (Fsp3) is 0.310. The number of carbonyl (C=O) groups is 1. The number of primary amides is 1. The van der Waals surface area contributed by atoms with Crippen LogP contribution in [-0.2, 0) is 12.8 Å². The Balaban J connectivity index is 1.52. The maximum absolute atomic E-state index is 12.0. The fourth-order valence-electron chi connectivity index (χ4n) is 5.30. The van der Waals surface area contributed by atoms with Gasteiger partial charge in [0.1, 0.15) is 5.65 Å². The number of nitrogens with two attached hydrogens (primary N) is 1. The zero-order chi connectivity index (χ0) is 24.5. The molecule has 0 radical (unpaired) electrons. The summed E-state index contributed by atoms with van der Waals surface area (Å²) in [7, 11) is 2.18. The SMILES string of the molecule is CCc1c(C(N)=O)ccc(-c2c[nH]c3ncc(-c4ccc(N5CCN(C)CC5)cc4)cc23)c1CC. The Morgan fingerprint density at radius 2 is 1.66 bits per heavy atom. The first-order valence-electron chi connectivity index (χ1n) is 12.5. The molecule has 0 bridgehead atoms. The summed E-state index contributed by atoms with van der Waals surface area (Å²) in [6.45, 7) is 8.51. The number of pyridine rings is 1. The lowest BCUT2D eigenvalue weighted by atomic mass is 9.89. The molecule has 2 aromatic carbocycles. The maximum atomic E-state index is 12.0. The number of hydrogen-bond acceptors (Lipinski definition) is 4. The van der Waals surface area contributed by atoms with Gasteiger partial charge in [-0.1, -0.05) is 32.0 Å². The maximum Gasteiger partial charge on any atom is 0.248 e. The monoisotopic (exact) mass is 467 g/mol. The molecule has 35 heavy (non-hydrogen) atoms. The van der Waals surface area contributed by atoms with Crippen molar-refractivity contribution < 1.29 is 4.79 Å². The Bertz CT molecular complexity index is 1360. The summed E-state index contributed by atoms with van der Waals surface area (Å²) in [5.74, 6) is -0.369. The van der Waals surface area contributed by atoms with E-state index in [4.69, 9.17) is 10.7 Å². The van der Waals surface area contributed by atoms with E-state index in [0.717, 1.165) is 77.9 Å². The molecule has 6 nitrogen and oxygen atoms in total. The van der Waals surface area contributed by atoms with E-state index in [1.54, 1.807) is 0 Å². The first-order chi connectivity index (χ1) is 17.0. The predicted molar refractivity (Wildman–Crippen MR) is 144 cm³/mol.